The molecule has 3 heteroatoms. The summed E-state index contributed by atoms with van der Waals surface area (Å²) in [5.41, 5.74) is 5.40. The van der Waals surface area contributed by atoms with Crippen molar-refractivity contribution < 1.29 is 4.79 Å². The molecule has 0 saturated heterocycles. The highest BCUT2D eigenvalue weighted by atomic mass is 16.1. The van der Waals surface area contributed by atoms with Crippen LogP contribution in [0.15, 0.2) is 42.5 Å². The van der Waals surface area contributed by atoms with Gasteiger partial charge in [-0.1, -0.05) is 30.3 Å². The molecule has 1 unspecified atom stereocenters. The van der Waals surface area contributed by atoms with Gasteiger partial charge in [-0.05, 0) is 55.5 Å². The average Bonchev–Trinajstić information content (AvgIpc) is 2.54. The molecular formula is C19H22N2O. The monoisotopic (exact) mass is 294 g/mol. The van der Waals surface area contributed by atoms with Gasteiger partial charge in [0.2, 0.25) is 0 Å². The molecule has 1 aliphatic rings. The third-order valence-corrected chi connectivity index (χ3v) is 4.34. The first-order valence-corrected chi connectivity index (χ1v) is 7.89. The minimum absolute atomic E-state index is 0.00102. The molecule has 0 radical (unpaired) electrons. The van der Waals surface area contributed by atoms with Crippen LogP contribution in [0.4, 0.5) is 5.69 Å². The Morgan fingerprint density at radius 3 is 2.82 bits per heavy atom. The van der Waals surface area contributed by atoms with Crippen molar-refractivity contribution in [3.05, 3.63) is 64.7 Å². The van der Waals surface area contributed by atoms with E-state index in [9.17, 15) is 4.79 Å². The summed E-state index contributed by atoms with van der Waals surface area (Å²) in [6.45, 7) is 5.10. The topological polar surface area (TPSA) is 41.1 Å². The predicted molar refractivity (Wildman–Crippen MR) is 90.3 cm³/mol. The van der Waals surface area contributed by atoms with Crippen LogP contribution in [-0.4, -0.2) is 12.5 Å². The summed E-state index contributed by atoms with van der Waals surface area (Å²) in [4.78, 5) is 12.7. The lowest BCUT2D eigenvalue weighted by Crippen LogP contribution is -2.29. The highest BCUT2D eigenvalue weighted by Gasteiger charge is 2.19. The van der Waals surface area contributed by atoms with E-state index in [0.717, 1.165) is 36.2 Å². The third-order valence-electron chi connectivity index (χ3n) is 4.34. The van der Waals surface area contributed by atoms with E-state index in [4.69, 9.17) is 0 Å². The molecule has 1 aliphatic heterocycles. The Balaban J connectivity index is 1.82. The minimum atomic E-state index is 0.00102. The van der Waals surface area contributed by atoms with Gasteiger partial charge in [0.05, 0.1) is 6.04 Å². The van der Waals surface area contributed by atoms with E-state index in [1.165, 1.54) is 11.1 Å². The number of amides is 1. The zero-order valence-corrected chi connectivity index (χ0v) is 13.1. The number of rotatable bonds is 3. The fourth-order valence-corrected chi connectivity index (χ4v) is 3.15. The molecule has 22 heavy (non-hydrogen) atoms. The molecule has 3 rings (SSSR count). The van der Waals surface area contributed by atoms with E-state index in [0.29, 0.717) is 0 Å². The van der Waals surface area contributed by atoms with Crippen LogP contribution in [0.2, 0.25) is 0 Å². The third kappa shape index (κ3) is 2.84. The van der Waals surface area contributed by atoms with Crippen LogP contribution in [0.3, 0.4) is 0 Å². The van der Waals surface area contributed by atoms with Crippen molar-refractivity contribution in [1.82, 2.24) is 5.32 Å². The van der Waals surface area contributed by atoms with Gasteiger partial charge in [0.15, 0.2) is 0 Å². The second-order valence-electron chi connectivity index (χ2n) is 5.91. The molecule has 0 bridgehead atoms. The summed E-state index contributed by atoms with van der Waals surface area (Å²) in [7, 11) is 0. The van der Waals surface area contributed by atoms with Crippen molar-refractivity contribution in [1.29, 1.82) is 0 Å². The van der Waals surface area contributed by atoms with Crippen LogP contribution >= 0.6 is 0 Å². The van der Waals surface area contributed by atoms with E-state index in [1.54, 1.807) is 0 Å². The van der Waals surface area contributed by atoms with Crippen LogP contribution in [0.25, 0.3) is 0 Å². The van der Waals surface area contributed by atoms with Crippen molar-refractivity contribution in [2.45, 2.75) is 32.7 Å². The summed E-state index contributed by atoms with van der Waals surface area (Å²) < 4.78 is 0. The van der Waals surface area contributed by atoms with Crippen LogP contribution in [0.1, 0.15) is 46.4 Å². The van der Waals surface area contributed by atoms with E-state index in [-0.39, 0.29) is 11.9 Å². The first kappa shape index (κ1) is 14.6. The molecule has 0 saturated carbocycles. The fraction of sp³-hybridized carbons (Fsp3) is 0.316. The highest BCUT2D eigenvalue weighted by molar-refractivity contribution is 5.97. The minimum Gasteiger partial charge on any atom is -0.385 e. The Morgan fingerprint density at radius 2 is 2.00 bits per heavy atom. The number of hydrogen-bond donors (Lipinski definition) is 2. The summed E-state index contributed by atoms with van der Waals surface area (Å²) in [5.74, 6) is 0.0105. The molecule has 0 spiro atoms. The average molecular weight is 294 g/mol. The molecule has 3 nitrogen and oxygen atoms in total. The Hall–Kier alpha value is -2.29. The molecule has 2 N–H and O–H groups in total. The maximum Gasteiger partial charge on any atom is 0.252 e. The van der Waals surface area contributed by atoms with Gasteiger partial charge in [-0.15, -0.1) is 0 Å². The van der Waals surface area contributed by atoms with Gasteiger partial charge in [-0.2, -0.15) is 0 Å². The van der Waals surface area contributed by atoms with Crippen molar-refractivity contribution in [2.24, 2.45) is 0 Å². The van der Waals surface area contributed by atoms with Gasteiger partial charge < -0.3 is 10.6 Å². The Morgan fingerprint density at radius 1 is 1.18 bits per heavy atom. The Labute approximate surface area is 131 Å². The van der Waals surface area contributed by atoms with Crippen LogP contribution in [0.5, 0.6) is 0 Å². The molecule has 1 amide bonds. The second kappa shape index (κ2) is 6.22. The van der Waals surface area contributed by atoms with Gasteiger partial charge in [-0.3, -0.25) is 4.79 Å². The van der Waals surface area contributed by atoms with E-state index < -0.39 is 0 Å². The molecular weight excluding hydrogens is 272 g/mol. The molecule has 0 fully saturated rings. The first-order valence-electron chi connectivity index (χ1n) is 7.89. The zero-order chi connectivity index (χ0) is 15.5. The van der Waals surface area contributed by atoms with Crippen LogP contribution in [0, 0.1) is 6.92 Å². The van der Waals surface area contributed by atoms with E-state index in [1.807, 2.05) is 31.2 Å². The van der Waals surface area contributed by atoms with Gasteiger partial charge >= 0.3 is 0 Å². The zero-order valence-electron chi connectivity index (χ0n) is 13.1. The quantitative estimate of drug-likeness (QED) is 0.903. The number of benzene rings is 2. The van der Waals surface area contributed by atoms with Gasteiger partial charge in [0, 0.05) is 17.8 Å². The van der Waals surface area contributed by atoms with E-state index >= 15 is 0 Å². The lowest BCUT2D eigenvalue weighted by atomic mass is 9.96. The van der Waals surface area contributed by atoms with Crippen molar-refractivity contribution in [3.8, 4) is 0 Å². The lowest BCUT2D eigenvalue weighted by Gasteiger charge is -2.22. The predicted octanol–water partition coefficient (Wildman–Crippen LogP) is 3.84. The van der Waals surface area contributed by atoms with Gasteiger partial charge in [-0.25, -0.2) is 0 Å². The summed E-state index contributed by atoms with van der Waals surface area (Å²) in [5, 5.41) is 6.51. The molecule has 0 aromatic heterocycles. The number of aryl methyl sites for hydroxylation is 1. The van der Waals surface area contributed by atoms with Crippen LogP contribution in [-0.2, 0) is 6.42 Å². The maximum absolute atomic E-state index is 12.7. The maximum atomic E-state index is 12.7. The van der Waals surface area contributed by atoms with Crippen molar-refractivity contribution in [3.63, 3.8) is 0 Å². The number of carbonyl (C=O) groups is 1. The number of anilines is 1. The normalized spacial score (nSPS) is 14.6. The van der Waals surface area contributed by atoms with Gasteiger partial charge in [0.25, 0.3) is 5.91 Å². The standard InChI is InChI=1S/C19H22N2O/c1-13-7-3-4-8-15(13)14(2)21-19(22)17-9-5-11-18-16(17)10-6-12-20-18/h3-5,7-9,11,14,20H,6,10,12H2,1-2H3,(H,21,22). The highest BCUT2D eigenvalue weighted by Crippen LogP contribution is 2.26. The lowest BCUT2D eigenvalue weighted by molar-refractivity contribution is 0.0939. The number of hydrogen-bond acceptors (Lipinski definition) is 2. The molecule has 114 valence electrons. The molecule has 1 atom stereocenters. The Kier molecular flexibility index (Phi) is 4.14. The molecule has 1 heterocycles. The number of nitrogens with one attached hydrogen (secondary N) is 2. The summed E-state index contributed by atoms with van der Waals surface area (Å²) >= 11 is 0. The Bertz CT molecular complexity index is 694. The number of fused-ring (bicyclic) bond motifs is 1. The largest absolute Gasteiger partial charge is 0.385 e. The summed E-state index contributed by atoms with van der Waals surface area (Å²) in [6.07, 6.45) is 2.04. The second-order valence-corrected chi connectivity index (χ2v) is 5.91. The molecule has 0 aliphatic carbocycles. The molecule has 2 aromatic rings. The summed E-state index contributed by atoms with van der Waals surface area (Å²) in [6, 6.07) is 14.1. The van der Waals surface area contributed by atoms with Crippen LogP contribution < -0.4 is 10.6 Å². The molecule has 2 aromatic carbocycles. The van der Waals surface area contributed by atoms with Gasteiger partial charge in [0.1, 0.15) is 0 Å². The fourth-order valence-electron chi connectivity index (χ4n) is 3.15. The SMILES string of the molecule is Cc1ccccc1C(C)NC(=O)c1cccc2c1CCCN2. The number of carbonyl (C=O) groups excluding carboxylic acids is 1. The smallest absolute Gasteiger partial charge is 0.252 e. The van der Waals surface area contributed by atoms with E-state index in [2.05, 4.69) is 35.8 Å². The van der Waals surface area contributed by atoms with Crippen molar-refractivity contribution in [2.75, 3.05) is 11.9 Å². The van der Waals surface area contributed by atoms with Crippen molar-refractivity contribution >= 4 is 11.6 Å². The first-order chi connectivity index (χ1) is 10.7.